The number of amides is 1. The first kappa shape index (κ1) is 20.9. The summed E-state index contributed by atoms with van der Waals surface area (Å²) in [5.74, 6) is -0.791. The fraction of sp³-hybridized carbons (Fsp3) is 0.0385. The summed E-state index contributed by atoms with van der Waals surface area (Å²) < 4.78 is 15.8. The molecule has 0 aliphatic carbocycles. The molecule has 7 heteroatoms. The van der Waals surface area contributed by atoms with E-state index in [9.17, 15) is 14.0 Å². The first-order valence-electron chi connectivity index (χ1n) is 10.3. The van der Waals surface area contributed by atoms with Crippen molar-refractivity contribution >= 4 is 45.0 Å². The van der Waals surface area contributed by atoms with Crippen LogP contribution in [0, 0.1) is 5.82 Å². The molecule has 1 aromatic heterocycles. The van der Waals surface area contributed by atoms with Gasteiger partial charge in [0.1, 0.15) is 5.82 Å². The van der Waals surface area contributed by atoms with E-state index in [0.29, 0.717) is 16.6 Å². The van der Waals surface area contributed by atoms with E-state index in [1.165, 1.54) is 16.7 Å². The Balaban J connectivity index is 1.48. The van der Waals surface area contributed by atoms with Gasteiger partial charge in [0.05, 0.1) is 22.3 Å². The van der Waals surface area contributed by atoms with Crippen molar-refractivity contribution in [3.8, 4) is 5.69 Å². The van der Waals surface area contributed by atoms with Crippen LogP contribution in [0.25, 0.3) is 27.4 Å². The van der Waals surface area contributed by atoms with Crippen molar-refractivity contribution in [1.29, 1.82) is 0 Å². The van der Waals surface area contributed by atoms with Crippen LogP contribution in [0.1, 0.15) is 0 Å². The number of hydrogen-bond acceptors (Lipinski definition) is 4. The lowest BCUT2D eigenvalue weighted by molar-refractivity contribution is -0.113. The van der Waals surface area contributed by atoms with Crippen LogP contribution in [0.3, 0.4) is 0 Å². The second kappa shape index (κ2) is 8.88. The number of halogens is 1. The Hall–Kier alpha value is -3.97. The molecule has 0 unspecified atom stereocenters. The molecular formula is C26H18FN3O2S. The number of anilines is 1. The van der Waals surface area contributed by atoms with Gasteiger partial charge in [0.15, 0.2) is 5.16 Å². The van der Waals surface area contributed by atoms with E-state index in [-0.39, 0.29) is 28.1 Å². The fourth-order valence-corrected chi connectivity index (χ4v) is 4.51. The molecule has 1 heterocycles. The number of nitrogens with zero attached hydrogens (tertiary/aromatic N) is 2. The van der Waals surface area contributed by atoms with Crippen LogP contribution in [-0.2, 0) is 4.79 Å². The van der Waals surface area contributed by atoms with Gasteiger partial charge in [-0.2, -0.15) is 0 Å². The first-order chi connectivity index (χ1) is 16.1. The molecule has 0 radical (unpaired) electrons. The molecule has 0 saturated carbocycles. The van der Waals surface area contributed by atoms with Crippen LogP contribution in [-0.4, -0.2) is 21.2 Å². The van der Waals surface area contributed by atoms with Crippen LogP contribution in [0.2, 0.25) is 0 Å². The topological polar surface area (TPSA) is 64.0 Å². The zero-order chi connectivity index (χ0) is 22.8. The minimum Gasteiger partial charge on any atom is -0.325 e. The normalized spacial score (nSPS) is 11.1. The third-order valence-electron chi connectivity index (χ3n) is 5.23. The Bertz CT molecular complexity index is 1560. The van der Waals surface area contributed by atoms with E-state index >= 15 is 0 Å². The van der Waals surface area contributed by atoms with Crippen LogP contribution >= 0.6 is 11.8 Å². The average Bonchev–Trinajstić information content (AvgIpc) is 2.84. The van der Waals surface area contributed by atoms with E-state index in [1.54, 1.807) is 36.4 Å². The number of benzene rings is 4. The van der Waals surface area contributed by atoms with Crippen LogP contribution < -0.4 is 10.9 Å². The fourth-order valence-electron chi connectivity index (χ4n) is 3.71. The maximum absolute atomic E-state index is 14.6. The van der Waals surface area contributed by atoms with E-state index in [2.05, 4.69) is 10.3 Å². The largest absolute Gasteiger partial charge is 0.325 e. The predicted octanol–water partition coefficient (Wildman–Crippen LogP) is 5.41. The molecule has 1 amide bonds. The highest BCUT2D eigenvalue weighted by Gasteiger charge is 2.17. The number of fused-ring (bicyclic) bond motifs is 2. The molecule has 0 atom stereocenters. The minimum atomic E-state index is -0.543. The summed E-state index contributed by atoms with van der Waals surface area (Å²) in [6.45, 7) is 0. The van der Waals surface area contributed by atoms with Gasteiger partial charge < -0.3 is 5.32 Å². The van der Waals surface area contributed by atoms with Gasteiger partial charge in [-0.15, -0.1) is 0 Å². The lowest BCUT2D eigenvalue weighted by Gasteiger charge is -2.14. The van der Waals surface area contributed by atoms with Gasteiger partial charge in [-0.25, -0.2) is 9.37 Å². The summed E-state index contributed by atoms with van der Waals surface area (Å²) in [7, 11) is 0. The van der Waals surface area contributed by atoms with E-state index in [4.69, 9.17) is 0 Å². The summed E-state index contributed by atoms with van der Waals surface area (Å²) >= 11 is 1.09. The Morgan fingerprint density at radius 2 is 1.58 bits per heavy atom. The zero-order valence-corrected chi connectivity index (χ0v) is 18.2. The molecular weight excluding hydrogens is 437 g/mol. The number of nitrogens with one attached hydrogen (secondary N) is 1. The maximum Gasteiger partial charge on any atom is 0.266 e. The Labute approximate surface area is 192 Å². The van der Waals surface area contributed by atoms with Crippen molar-refractivity contribution in [3.05, 3.63) is 107 Å². The highest BCUT2D eigenvalue weighted by Crippen LogP contribution is 2.25. The third-order valence-corrected chi connectivity index (χ3v) is 6.17. The molecule has 0 aliphatic rings. The minimum absolute atomic E-state index is 0.00243. The number of carbonyl (C=O) groups is 1. The van der Waals surface area contributed by atoms with Crippen molar-refractivity contribution in [2.75, 3.05) is 11.1 Å². The molecule has 5 nitrogen and oxygen atoms in total. The Morgan fingerprint density at radius 3 is 2.42 bits per heavy atom. The number of para-hydroxylation sites is 2. The highest BCUT2D eigenvalue weighted by atomic mass is 32.2. The van der Waals surface area contributed by atoms with Gasteiger partial charge in [0, 0.05) is 11.1 Å². The predicted molar refractivity (Wildman–Crippen MR) is 131 cm³/mol. The summed E-state index contributed by atoms with van der Waals surface area (Å²) in [5.41, 5.74) is 0.907. The van der Waals surface area contributed by atoms with Crippen molar-refractivity contribution in [2.45, 2.75) is 5.16 Å². The van der Waals surface area contributed by atoms with Crippen molar-refractivity contribution in [3.63, 3.8) is 0 Å². The maximum atomic E-state index is 14.6. The van der Waals surface area contributed by atoms with Crippen LogP contribution in [0.15, 0.2) is 101 Å². The molecule has 0 fully saturated rings. The summed E-state index contributed by atoms with van der Waals surface area (Å²) in [6, 6.07) is 26.4. The quantitative estimate of drug-likeness (QED) is 0.284. The lowest BCUT2D eigenvalue weighted by Crippen LogP contribution is -2.23. The molecule has 1 N–H and O–H groups in total. The van der Waals surface area contributed by atoms with Crippen molar-refractivity contribution < 1.29 is 9.18 Å². The number of hydrogen-bond donors (Lipinski definition) is 1. The number of thioether (sulfide) groups is 1. The van der Waals surface area contributed by atoms with Gasteiger partial charge in [0.25, 0.3) is 5.56 Å². The molecule has 5 rings (SSSR count). The molecule has 162 valence electrons. The highest BCUT2D eigenvalue weighted by molar-refractivity contribution is 7.99. The molecule has 5 aromatic rings. The molecule has 33 heavy (non-hydrogen) atoms. The van der Waals surface area contributed by atoms with Gasteiger partial charge in [-0.1, -0.05) is 72.4 Å². The number of rotatable bonds is 5. The monoisotopic (exact) mass is 455 g/mol. The van der Waals surface area contributed by atoms with Gasteiger partial charge >= 0.3 is 0 Å². The SMILES string of the molecule is O=C(CSc1nc2ccccc2c(=O)n1-c1ccccc1F)Nc1cccc2ccccc12. The zero-order valence-electron chi connectivity index (χ0n) is 17.4. The molecule has 0 saturated heterocycles. The van der Waals surface area contributed by atoms with Gasteiger partial charge in [-0.05, 0) is 35.7 Å². The molecule has 0 aliphatic heterocycles. The molecule has 0 spiro atoms. The second-order valence-electron chi connectivity index (χ2n) is 7.37. The Morgan fingerprint density at radius 1 is 0.879 bits per heavy atom. The van der Waals surface area contributed by atoms with Gasteiger partial charge in [0.2, 0.25) is 5.91 Å². The Kier molecular flexibility index (Phi) is 5.62. The first-order valence-corrected chi connectivity index (χ1v) is 11.3. The van der Waals surface area contributed by atoms with E-state index in [1.807, 2.05) is 42.5 Å². The summed E-state index contributed by atoms with van der Waals surface area (Å²) in [4.78, 5) is 30.6. The number of aromatic nitrogens is 2. The standard InChI is InChI=1S/C26H18FN3O2S/c27-20-12-4-6-15-23(20)30-25(32)19-11-3-5-13-22(19)29-26(30)33-16-24(31)28-21-14-7-9-17-8-1-2-10-18(17)21/h1-15H,16H2,(H,28,31). The van der Waals surface area contributed by atoms with E-state index in [0.717, 1.165) is 22.5 Å². The van der Waals surface area contributed by atoms with Crippen LogP contribution in [0.4, 0.5) is 10.1 Å². The smallest absolute Gasteiger partial charge is 0.266 e. The third kappa shape index (κ3) is 4.10. The second-order valence-corrected chi connectivity index (χ2v) is 8.31. The lowest BCUT2D eigenvalue weighted by atomic mass is 10.1. The summed E-state index contributed by atoms with van der Waals surface area (Å²) in [6.07, 6.45) is 0. The van der Waals surface area contributed by atoms with Crippen LogP contribution in [0.5, 0.6) is 0 Å². The van der Waals surface area contributed by atoms with Gasteiger partial charge in [-0.3, -0.25) is 14.2 Å². The molecule has 0 bridgehead atoms. The molecule has 4 aromatic carbocycles. The summed E-state index contributed by atoms with van der Waals surface area (Å²) in [5, 5.41) is 5.51. The number of carbonyl (C=O) groups excluding carboxylic acids is 1. The van der Waals surface area contributed by atoms with Crippen molar-refractivity contribution in [2.24, 2.45) is 0 Å². The van der Waals surface area contributed by atoms with Crippen molar-refractivity contribution in [1.82, 2.24) is 9.55 Å². The van der Waals surface area contributed by atoms with E-state index < -0.39 is 5.82 Å². The average molecular weight is 456 g/mol.